The van der Waals surface area contributed by atoms with Gasteiger partial charge in [0.15, 0.2) is 0 Å². The summed E-state index contributed by atoms with van der Waals surface area (Å²) in [6.07, 6.45) is 0.0313. The van der Waals surface area contributed by atoms with Crippen molar-refractivity contribution in [3.05, 3.63) is 0 Å². The molecule has 92 valence electrons. The second-order valence-electron chi connectivity index (χ2n) is 4.06. The Hall–Kier alpha value is -1.63. The highest BCUT2D eigenvalue weighted by Crippen LogP contribution is 2.06. The highest BCUT2D eigenvalue weighted by atomic mass is 16.2. The van der Waals surface area contributed by atoms with E-state index in [0.717, 1.165) is 0 Å². The lowest BCUT2D eigenvalue weighted by atomic mass is 10.0. The van der Waals surface area contributed by atoms with Crippen molar-refractivity contribution in [3.63, 3.8) is 0 Å². The molecule has 0 saturated carbocycles. The van der Waals surface area contributed by atoms with Crippen molar-refractivity contribution in [2.24, 2.45) is 11.5 Å². The third kappa shape index (κ3) is 6.77. The third-order valence-corrected chi connectivity index (χ3v) is 1.73. The van der Waals surface area contributed by atoms with Gasteiger partial charge in [0, 0.05) is 12.0 Å². The molecule has 16 heavy (non-hydrogen) atoms. The van der Waals surface area contributed by atoms with Gasteiger partial charge in [-0.15, -0.1) is 0 Å². The number of carbonyl (C=O) groups is 3. The molecule has 6 N–H and O–H groups in total. The molecule has 0 heterocycles. The summed E-state index contributed by atoms with van der Waals surface area (Å²) < 4.78 is 0. The van der Waals surface area contributed by atoms with Crippen molar-refractivity contribution in [2.45, 2.75) is 25.8 Å². The van der Waals surface area contributed by atoms with Gasteiger partial charge in [0.2, 0.25) is 17.7 Å². The molecule has 0 spiro atoms. The topological polar surface area (TPSA) is 127 Å². The van der Waals surface area contributed by atoms with E-state index in [1.165, 1.54) is 0 Å². The minimum Gasteiger partial charge on any atom is -0.370 e. The quantitative estimate of drug-likeness (QED) is 0.414. The molecule has 0 rings (SSSR count). The molecule has 0 aromatic carbocycles. The Morgan fingerprint density at radius 3 is 2.19 bits per heavy atom. The van der Waals surface area contributed by atoms with E-state index >= 15 is 0 Å². The predicted octanol–water partition coefficient (Wildman–Crippen LogP) is -2.17. The summed E-state index contributed by atoms with van der Waals surface area (Å²) in [5.41, 5.74) is 9.34. The fraction of sp³-hybridized carbons (Fsp3) is 0.667. The Morgan fingerprint density at radius 2 is 1.75 bits per heavy atom. The largest absolute Gasteiger partial charge is 0.370 e. The summed E-state index contributed by atoms with van der Waals surface area (Å²) in [4.78, 5) is 32.8. The van der Waals surface area contributed by atoms with Crippen LogP contribution in [-0.4, -0.2) is 36.3 Å². The van der Waals surface area contributed by atoms with Gasteiger partial charge in [-0.05, 0) is 13.8 Å². The average Bonchev–Trinajstić information content (AvgIpc) is 2.11. The van der Waals surface area contributed by atoms with Gasteiger partial charge in [0.1, 0.15) is 0 Å². The summed E-state index contributed by atoms with van der Waals surface area (Å²) in [5, 5.41) is 4.89. The molecule has 0 radical (unpaired) electrons. The fourth-order valence-electron chi connectivity index (χ4n) is 1.15. The minimum absolute atomic E-state index is 0.0313. The molecule has 0 atom stereocenters. The monoisotopic (exact) mass is 230 g/mol. The molecule has 0 aliphatic heterocycles. The van der Waals surface area contributed by atoms with Crippen LogP contribution in [0.3, 0.4) is 0 Å². The number of rotatable bonds is 6. The lowest BCUT2D eigenvalue weighted by Crippen LogP contribution is -2.49. The van der Waals surface area contributed by atoms with Gasteiger partial charge in [-0.1, -0.05) is 0 Å². The Morgan fingerprint density at radius 1 is 1.19 bits per heavy atom. The van der Waals surface area contributed by atoms with Crippen LogP contribution in [0, 0.1) is 0 Å². The molecule has 0 unspecified atom stereocenters. The van der Waals surface area contributed by atoms with E-state index in [2.05, 4.69) is 10.6 Å². The van der Waals surface area contributed by atoms with Crippen molar-refractivity contribution < 1.29 is 14.4 Å². The maximum absolute atomic E-state index is 11.3. The Labute approximate surface area is 93.9 Å². The maximum Gasteiger partial charge on any atom is 0.239 e. The lowest BCUT2D eigenvalue weighted by molar-refractivity contribution is -0.127. The van der Waals surface area contributed by atoms with E-state index < -0.39 is 23.3 Å². The average molecular weight is 230 g/mol. The van der Waals surface area contributed by atoms with Crippen molar-refractivity contribution in [2.75, 3.05) is 13.1 Å². The zero-order valence-corrected chi connectivity index (χ0v) is 9.50. The zero-order valence-electron chi connectivity index (χ0n) is 9.50. The Balaban J connectivity index is 4.03. The zero-order chi connectivity index (χ0) is 12.8. The molecule has 7 nitrogen and oxygen atoms in total. The molecule has 0 fully saturated rings. The summed E-state index contributed by atoms with van der Waals surface area (Å²) in [6.45, 7) is 3.00. The van der Waals surface area contributed by atoms with Crippen LogP contribution in [0.25, 0.3) is 0 Å². The molecule has 7 heteroatoms. The molecule has 0 aliphatic rings. The number of primary amides is 1. The van der Waals surface area contributed by atoms with Crippen LogP contribution in [0.15, 0.2) is 0 Å². The van der Waals surface area contributed by atoms with Gasteiger partial charge < -0.3 is 22.1 Å². The van der Waals surface area contributed by atoms with Gasteiger partial charge in [0.25, 0.3) is 0 Å². The van der Waals surface area contributed by atoms with E-state index in [1.807, 2.05) is 0 Å². The van der Waals surface area contributed by atoms with E-state index in [4.69, 9.17) is 11.5 Å². The first-order valence-corrected chi connectivity index (χ1v) is 4.83. The smallest absolute Gasteiger partial charge is 0.239 e. The molecule has 0 aliphatic carbocycles. The van der Waals surface area contributed by atoms with Crippen LogP contribution in [0.1, 0.15) is 20.3 Å². The second kappa shape index (κ2) is 6.06. The molecule has 0 aromatic heterocycles. The van der Waals surface area contributed by atoms with Crippen LogP contribution in [-0.2, 0) is 14.4 Å². The van der Waals surface area contributed by atoms with Gasteiger partial charge in [-0.2, -0.15) is 0 Å². The molecule has 0 saturated heterocycles. The second-order valence-corrected chi connectivity index (χ2v) is 4.06. The Kier molecular flexibility index (Phi) is 5.44. The van der Waals surface area contributed by atoms with E-state index in [-0.39, 0.29) is 19.5 Å². The van der Waals surface area contributed by atoms with E-state index in [1.54, 1.807) is 13.8 Å². The summed E-state index contributed by atoms with van der Waals surface area (Å²) in [5.74, 6) is -1.31. The highest BCUT2D eigenvalue weighted by molar-refractivity contribution is 5.86. The number of hydrogen-bond acceptors (Lipinski definition) is 4. The van der Waals surface area contributed by atoms with Gasteiger partial charge >= 0.3 is 0 Å². The molecule has 0 bridgehead atoms. The first-order valence-electron chi connectivity index (χ1n) is 4.83. The summed E-state index contributed by atoms with van der Waals surface area (Å²) in [6, 6.07) is 0. The SMILES string of the molecule is CC(C)(CC(N)=O)NC(=O)CNC(=O)CN. The third-order valence-electron chi connectivity index (χ3n) is 1.73. The number of nitrogens with one attached hydrogen (secondary N) is 2. The number of amides is 3. The van der Waals surface area contributed by atoms with Crippen LogP contribution in [0.5, 0.6) is 0 Å². The molecule has 0 aromatic rings. The highest BCUT2D eigenvalue weighted by Gasteiger charge is 2.22. The van der Waals surface area contributed by atoms with Gasteiger partial charge in [-0.3, -0.25) is 14.4 Å². The maximum atomic E-state index is 11.3. The van der Waals surface area contributed by atoms with Crippen LogP contribution < -0.4 is 22.1 Å². The predicted molar refractivity (Wildman–Crippen MR) is 58.1 cm³/mol. The van der Waals surface area contributed by atoms with E-state index in [9.17, 15) is 14.4 Å². The lowest BCUT2D eigenvalue weighted by Gasteiger charge is -2.24. The summed E-state index contributed by atoms with van der Waals surface area (Å²) >= 11 is 0. The minimum atomic E-state index is -0.726. The molecular formula is C9H18N4O3. The first kappa shape index (κ1) is 14.4. The first-order chi connectivity index (χ1) is 7.26. The Bertz CT molecular complexity index is 288. The summed E-state index contributed by atoms with van der Waals surface area (Å²) in [7, 11) is 0. The number of hydrogen-bond donors (Lipinski definition) is 4. The van der Waals surface area contributed by atoms with E-state index in [0.29, 0.717) is 0 Å². The normalized spacial score (nSPS) is 10.7. The molecule has 3 amide bonds. The van der Waals surface area contributed by atoms with Crippen LogP contribution in [0.4, 0.5) is 0 Å². The van der Waals surface area contributed by atoms with Crippen molar-refractivity contribution in [3.8, 4) is 0 Å². The van der Waals surface area contributed by atoms with Gasteiger partial charge in [0.05, 0.1) is 13.1 Å². The van der Waals surface area contributed by atoms with Crippen LogP contribution in [0.2, 0.25) is 0 Å². The van der Waals surface area contributed by atoms with Crippen molar-refractivity contribution >= 4 is 17.7 Å². The fourth-order valence-corrected chi connectivity index (χ4v) is 1.15. The van der Waals surface area contributed by atoms with Crippen molar-refractivity contribution in [1.82, 2.24) is 10.6 Å². The standard InChI is InChI=1S/C9H18N4O3/c1-9(2,3-6(11)14)13-8(16)5-12-7(15)4-10/h3-5,10H2,1-2H3,(H2,11,14)(H,12,15)(H,13,16). The van der Waals surface area contributed by atoms with Crippen LogP contribution >= 0.6 is 0 Å². The van der Waals surface area contributed by atoms with Gasteiger partial charge in [-0.25, -0.2) is 0 Å². The number of carbonyl (C=O) groups excluding carboxylic acids is 3. The molecular weight excluding hydrogens is 212 g/mol. The number of nitrogens with two attached hydrogens (primary N) is 2. The van der Waals surface area contributed by atoms with Crippen molar-refractivity contribution in [1.29, 1.82) is 0 Å².